The van der Waals surface area contributed by atoms with E-state index in [4.69, 9.17) is 18.9 Å². The summed E-state index contributed by atoms with van der Waals surface area (Å²) in [5.41, 5.74) is 4.26. The van der Waals surface area contributed by atoms with Crippen molar-refractivity contribution in [3.63, 3.8) is 0 Å². The maximum absolute atomic E-state index is 13.9. The van der Waals surface area contributed by atoms with E-state index in [1.165, 1.54) is 14.7 Å². The Morgan fingerprint density at radius 1 is 0.984 bits per heavy atom. The molecule has 0 spiro atoms. The lowest BCUT2D eigenvalue weighted by molar-refractivity contribution is -0.144. The van der Waals surface area contributed by atoms with Gasteiger partial charge in [-0.25, -0.2) is 4.98 Å². The van der Waals surface area contributed by atoms with Crippen molar-refractivity contribution in [1.82, 2.24) is 30.7 Å². The smallest absolute Gasteiger partial charge is 0.255 e. The molecule has 0 bridgehead atoms. The number of thiazole rings is 1. The third-order valence-electron chi connectivity index (χ3n) is 12.2. The number of aliphatic hydroxyl groups is 1. The third kappa shape index (κ3) is 12.9. The van der Waals surface area contributed by atoms with Crippen LogP contribution >= 0.6 is 11.3 Å². The summed E-state index contributed by atoms with van der Waals surface area (Å²) < 4.78 is 22.2. The van der Waals surface area contributed by atoms with Crippen molar-refractivity contribution in [3.05, 3.63) is 51.0 Å². The van der Waals surface area contributed by atoms with Gasteiger partial charge in [0.1, 0.15) is 31.3 Å². The molecule has 17 nitrogen and oxygen atoms in total. The second kappa shape index (κ2) is 22.9. The second-order valence-electron chi connectivity index (χ2n) is 17.9. The van der Waals surface area contributed by atoms with Gasteiger partial charge in [0.2, 0.25) is 29.5 Å². The monoisotopic (exact) mass is 906 g/mol. The Morgan fingerprint density at radius 3 is 2.36 bits per heavy atom. The molecule has 4 atom stereocenters. The number of carbonyl (C=O) groups is 6. The fourth-order valence-electron chi connectivity index (χ4n) is 8.70. The molecule has 2 aromatic rings. The van der Waals surface area contributed by atoms with Crippen LogP contribution in [0.15, 0.2) is 23.7 Å². The highest BCUT2D eigenvalue weighted by atomic mass is 32.1. The number of β-amino-alcohol motifs (C(OH)–C–C–N with tert-alkyl or cyclic N) is 1. The van der Waals surface area contributed by atoms with Gasteiger partial charge in [-0.05, 0) is 74.0 Å². The molecule has 4 N–H and O–H groups in total. The first-order valence-electron chi connectivity index (χ1n) is 22.2. The predicted molar refractivity (Wildman–Crippen MR) is 235 cm³/mol. The standard InChI is InChI=1S/C46H62N6O11S/c1-29-40(64-28-48-29)32-12-10-30(11-13-32)24-47-42(56)37-23-33(53)25-51(37)45(59)41(46(2,3)4)49-39(55)27-63-22-21-62-20-19-61-18-17-60-16-6-8-31-7-5-9-34-35(31)26-52(44(34)58)36-14-15-38(54)50-43(36)57/h5,7,9,28,30,32-33,36-37,41,53H,10-27H2,1-4H3,(H,47,56)(H,49,55)(H,50,54,57)/t30?,32?,33-,36?,37+,41-/m1/s1. The van der Waals surface area contributed by atoms with Crippen molar-refractivity contribution >= 4 is 46.8 Å². The first-order valence-corrected chi connectivity index (χ1v) is 23.1. The van der Waals surface area contributed by atoms with Crippen LogP contribution < -0.4 is 16.0 Å². The number of aromatic nitrogens is 1. The number of rotatable bonds is 19. The molecule has 6 rings (SSSR count). The van der Waals surface area contributed by atoms with Gasteiger partial charge in [0, 0.05) is 48.5 Å². The van der Waals surface area contributed by atoms with Crippen LogP contribution in [-0.2, 0) is 49.5 Å². The molecule has 18 heteroatoms. The van der Waals surface area contributed by atoms with Gasteiger partial charge in [0.15, 0.2) is 0 Å². The molecule has 64 heavy (non-hydrogen) atoms. The van der Waals surface area contributed by atoms with E-state index in [-0.39, 0.29) is 70.1 Å². The van der Waals surface area contributed by atoms with E-state index < -0.39 is 47.4 Å². The average Bonchev–Trinajstić information content (AvgIpc) is 3.98. The van der Waals surface area contributed by atoms with Crippen LogP contribution in [0, 0.1) is 30.1 Å². The number of piperidine rings is 1. The van der Waals surface area contributed by atoms with Crippen LogP contribution in [-0.4, -0.2) is 146 Å². The number of amides is 6. The minimum Gasteiger partial charge on any atom is -0.391 e. The van der Waals surface area contributed by atoms with Crippen molar-refractivity contribution in [2.75, 3.05) is 65.9 Å². The molecule has 1 aliphatic carbocycles. The number of imide groups is 1. The predicted octanol–water partition coefficient (Wildman–Crippen LogP) is 2.21. The topological polar surface area (TPSA) is 215 Å². The molecule has 3 fully saturated rings. The lowest BCUT2D eigenvalue weighted by Gasteiger charge is -2.35. The average molecular weight is 907 g/mol. The molecular formula is C46H62N6O11S. The number of ether oxygens (including phenoxy) is 4. The van der Waals surface area contributed by atoms with Gasteiger partial charge in [-0.2, -0.15) is 0 Å². The van der Waals surface area contributed by atoms with Crippen LogP contribution in [0.4, 0.5) is 0 Å². The zero-order chi connectivity index (χ0) is 45.8. The van der Waals surface area contributed by atoms with Gasteiger partial charge in [0.05, 0.1) is 56.9 Å². The van der Waals surface area contributed by atoms with E-state index in [9.17, 15) is 33.9 Å². The Labute approximate surface area is 378 Å². The largest absolute Gasteiger partial charge is 0.391 e. The molecule has 1 unspecified atom stereocenters. The quantitative estimate of drug-likeness (QED) is 0.0908. The SMILES string of the molecule is Cc1ncsc1C1CCC(CNC(=O)[C@@H]2C[C@@H](O)CN2C(=O)[C@@H](NC(=O)COCCOCCOCCOCC#Cc2cccc3c2CN(C2CCC(=O)NC2=O)C3=O)C(C)(C)C)CC1. The number of hydrogen-bond acceptors (Lipinski definition) is 13. The Hall–Kier alpha value is -4.77. The van der Waals surface area contributed by atoms with E-state index in [2.05, 4.69) is 39.7 Å². The number of fused-ring (bicyclic) bond motifs is 1. The summed E-state index contributed by atoms with van der Waals surface area (Å²) in [5, 5.41) is 18.7. The number of carbonyl (C=O) groups excluding carboxylic acids is 6. The molecule has 1 aromatic heterocycles. The van der Waals surface area contributed by atoms with E-state index in [0.29, 0.717) is 62.4 Å². The van der Waals surface area contributed by atoms with Crippen molar-refractivity contribution in [3.8, 4) is 11.8 Å². The summed E-state index contributed by atoms with van der Waals surface area (Å²) >= 11 is 1.71. The minimum atomic E-state index is -0.949. The molecule has 6 amide bonds. The van der Waals surface area contributed by atoms with Gasteiger partial charge >= 0.3 is 0 Å². The third-order valence-corrected chi connectivity index (χ3v) is 13.3. The lowest BCUT2D eigenvalue weighted by atomic mass is 9.81. The summed E-state index contributed by atoms with van der Waals surface area (Å²) in [4.78, 5) is 85.9. The summed E-state index contributed by atoms with van der Waals surface area (Å²) in [6, 6.07) is 2.82. The molecule has 348 valence electrons. The van der Waals surface area contributed by atoms with Crippen LogP contribution in [0.2, 0.25) is 0 Å². The molecule has 4 aliphatic rings. The van der Waals surface area contributed by atoms with Crippen LogP contribution in [0.5, 0.6) is 0 Å². The Morgan fingerprint density at radius 2 is 1.69 bits per heavy atom. The van der Waals surface area contributed by atoms with Crippen LogP contribution in [0.25, 0.3) is 0 Å². The minimum absolute atomic E-state index is 0.0101. The normalized spacial score (nSPS) is 22.7. The van der Waals surface area contributed by atoms with Gasteiger partial charge in [-0.3, -0.25) is 34.1 Å². The zero-order valence-corrected chi connectivity index (χ0v) is 38.1. The summed E-state index contributed by atoms with van der Waals surface area (Å²) in [7, 11) is 0. The number of aryl methyl sites for hydroxylation is 1. The number of benzene rings is 1. The van der Waals surface area contributed by atoms with Crippen molar-refractivity contribution < 1.29 is 52.8 Å². The highest BCUT2D eigenvalue weighted by Gasteiger charge is 2.45. The Balaban J connectivity index is 0.816. The molecule has 0 radical (unpaired) electrons. The summed E-state index contributed by atoms with van der Waals surface area (Å²) in [6.45, 7) is 9.81. The fraction of sp³-hybridized carbons (Fsp3) is 0.630. The molecule has 4 heterocycles. The Bertz CT molecular complexity index is 2050. The second-order valence-corrected chi connectivity index (χ2v) is 18.8. The van der Waals surface area contributed by atoms with Crippen molar-refractivity contribution in [2.45, 2.75) is 109 Å². The number of nitrogens with zero attached hydrogens (tertiary/aromatic N) is 3. The van der Waals surface area contributed by atoms with Crippen molar-refractivity contribution in [2.24, 2.45) is 11.3 Å². The number of nitrogens with one attached hydrogen (secondary N) is 3. The molecular weight excluding hydrogens is 845 g/mol. The fourth-order valence-corrected chi connectivity index (χ4v) is 9.67. The van der Waals surface area contributed by atoms with E-state index >= 15 is 0 Å². The van der Waals surface area contributed by atoms with Gasteiger partial charge in [-0.1, -0.05) is 38.7 Å². The molecule has 1 saturated carbocycles. The summed E-state index contributed by atoms with van der Waals surface area (Å²) in [5.74, 6) is 4.65. The molecule has 2 saturated heterocycles. The van der Waals surface area contributed by atoms with Crippen molar-refractivity contribution in [1.29, 1.82) is 0 Å². The maximum Gasteiger partial charge on any atom is 0.255 e. The Kier molecular flexibility index (Phi) is 17.4. The zero-order valence-electron chi connectivity index (χ0n) is 37.3. The van der Waals surface area contributed by atoms with Gasteiger partial charge in [0.25, 0.3) is 5.91 Å². The van der Waals surface area contributed by atoms with Gasteiger partial charge in [-0.15, -0.1) is 11.3 Å². The summed E-state index contributed by atoms with van der Waals surface area (Å²) in [6.07, 6.45) is 3.88. The first-order chi connectivity index (χ1) is 30.7. The first kappa shape index (κ1) is 48.7. The van der Waals surface area contributed by atoms with E-state index in [0.717, 1.165) is 36.9 Å². The lowest BCUT2D eigenvalue weighted by Crippen LogP contribution is -2.58. The van der Waals surface area contributed by atoms with Crippen LogP contribution in [0.1, 0.15) is 104 Å². The number of aliphatic hydroxyl groups excluding tert-OH is 1. The van der Waals surface area contributed by atoms with Gasteiger partial charge < -0.3 is 44.5 Å². The van der Waals surface area contributed by atoms with Crippen LogP contribution in [0.3, 0.4) is 0 Å². The number of likely N-dealkylation sites (tertiary alicyclic amines) is 1. The number of hydrogen-bond donors (Lipinski definition) is 4. The van der Waals surface area contributed by atoms with E-state index in [1.54, 1.807) is 23.5 Å². The van der Waals surface area contributed by atoms with E-state index in [1.807, 2.05) is 32.3 Å². The highest BCUT2D eigenvalue weighted by molar-refractivity contribution is 7.09. The maximum atomic E-state index is 13.9. The molecule has 1 aromatic carbocycles. The highest BCUT2D eigenvalue weighted by Crippen LogP contribution is 2.38. The molecule has 3 aliphatic heterocycles.